The molecule has 5 rings (SSSR count). The summed E-state index contributed by atoms with van der Waals surface area (Å²) in [5.41, 5.74) is -3.27. The van der Waals surface area contributed by atoms with Crippen molar-refractivity contribution in [3.63, 3.8) is 0 Å². The van der Waals surface area contributed by atoms with Gasteiger partial charge in [0.25, 0.3) is 5.91 Å². The zero-order chi connectivity index (χ0) is 36.1. The Morgan fingerprint density at radius 1 is 1.10 bits per heavy atom. The standard InChI is InChI=1S/C34H44FN5O8S/c1-8-19-17-34(19,30(43)39-49(45,46)21-12-13-21)38-27(41)25-16-20(47-28-23-10-9-11-24(35)22(23)14-15-36-28)18-40(25)29(42)26(32(2,3)4)37-31(44)48-33(5,6)7/h8-11,14-15,19-21,25-26H,1,12-13,16-18H2,2-7H3,(H,37,44)(H,38,41)(H,39,43)/t19-,20-,25+,26-,34-/m1/s1. The number of halogens is 1. The highest BCUT2D eigenvalue weighted by atomic mass is 32.2. The molecular weight excluding hydrogens is 657 g/mol. The van der Waals surface area contributed by atoms with Crippen LogP contribution in [0.2, 0.25) is 0 Å². The fourth-order valence-corrected chi connectivity index (χ4v) is 7.39. The van der Waals surface area contributed by atoms with Crippen LogP contribution in [-0.2, 0) is 29.1 Å². The Hall–Kier alpha value is -4.27. The molecule has 0 spiro atoms. The Labute approximate surface area is 285 Å². The normalized spacial score (nSPS) is 24.5. The first-order valence-corrected chi connectivity index (χ1v) is 17.8. The van der Waals surface area contributed by atoms with Gasteiger partial charge in [-0.25, -0.2) is 22.6 Å². The minimum atomic E-state index is -3.91. The van der Waals surface area contributed by atoms with Gasteiger partial charge in [-0.2, -0.15) is 0 Å². The smallest absolute Gasteiger partial charge is 0.408 e. The van der Waals surface area contributed by atoms with Crippen LogP contribution in [0.3, 0.4) is 0 Å². The molecule has 4 amide bonds. The third-order valence-corrected chi connectivity index (χ3v) is 10.7. The number of pyridine rings is 1. The van der Waals surface area contributed by atoms with Crippen molar-refractivity contribution in [3.8, 4) is 5.88 Å². The number of sulfonamides is 1. The van der Waals surface area contributed by atoms with Crippen molar-refractivity contribution < 1.29 is 41.5 Å². The van der Waals surface area contributed by atoms with Crippen LogP contribution in [0.25, 0.3) is 10.8 Å². The van der Waals surface area contributed by atoms with Crippen LogP contribution in [0, 0.1) is 17.2 Å². The molecule has 1 aromatic carbocycles. The summed E-state index contributed by atoms with van der Waals surface area (Å²) in [4.78, 5) is 60.3. The first-order valence-electron chi connectivity index (χ1n) is 16.3. The summed E-state index contributed by atoms with van der Waals surface area (Å²) in [5.74, 6) is -3.11. The molecule has 5 atom stereocenters. The minimum Gasteiger partial charge on any atom is -0.472 e. The van der Waals surface area contributed by atoms with Crippen molar-refractivity contribution in [2.45, 2.75) is 102 Å². The fraction of sp³-hybridized carbons (Fsp3) is 0.559. The monoisotopic (exact) mass is 701 g/mol. The zero-order valence-corrected chi connectivity index (χ0v) is 29.4. The van der Waals surface area contributed by atoms with Crippen molar-refractivity contribution in [2.24, 2.45) is 11.3 Å². The van der Waals surface area contributed by atoms with Gasteiger partial charge < -0.3 is 25.0 Å². The summed E-state index contributed by atoms with van der Waals surface area (Å²) >= 11 is 0. The third-order valence-electron chi connectivity index (χ3n) is 8.87. The molecule has 1 saturated heterocycles. The molecule has 266 valence electrons. The number of carbonyl (C=O) groups is 4. The van der Waals surface area contributed by atoms with Gasteiger partial charge in [-0.05, 0) is 63.6 Å². The van der Waals surface area contributed by atoms with Crippen molar-refractivity contribution in [3.05, 3.63) is 48.9 Å². The lowest BCUT2D eigenvalue weighted by Crippen LogP contribution is -2.60. The number of amides is 4. The molecule has 2 aliphatic carbocycles. The van der Waals surface area contributed by atoms with Gasteiger partial charge >= 0.3 is 6.09 Å². The van der Waals surface area contributed by atoms with Gasteiger partial charge in [0.2, 0.25) is 27.7 Å². The predicted octanol–water partition coefficient (Wildman–Crippen LogP) is 3.33. The van der Waals surface area contributed by atoms with E-state index >= 15 is 0 Å². The maximum Gasteiger partial charge on any atom is 0.408 e. The molecule has 2 aromatic rings. The van der Waals surface area contributed by atoms with E-state index in [0.29, 0.717) is 18.2 Å². The number of alkyl carbamates (subject to hydrolysis) is 1. The van der Waals surface area contributed by atoms with Crippen molar-refractivity contribution >= 4 is 44.6 Å². The number of fused-ring (bicyclic) bond motifs is 1. The van der Waals surface area contributed by atoms with E-state index in [0.717, 1.165) is 0 Å². The molecule has 13 nitrogen and oxygen atoms in total. The first-order chi connectivity index (χ1) is 22.8. The van der Waals surface area contributed by atoms with E-state index in [1.54, 1.807) is 47.6 Å². The van der Waals surface area contributed by atoms with Crippen LogP contribution < -0.4 is 20.1 Å². The quantitative estimate of drug-likeness (QED) is 0.314. The molecule has 2 saturated carbocycles. The Morgan fingerprint density at radius 3 is 2.39 bits per heavy atom. The summed E-state index contributed by atoms with van der Waals surface area (Å²) in [7, 11) is -3.91. The number of rotatable bonds is 10. The van der Waals surface area contributed by atoms with E-state index in [9.17, 15) is 32.0 Å². The van der Waals surface area contributed by atoms with Gasteiger partial charge in [-0.1, -0.05) is 32.9 Å². The molecule has 1 aliphatic heterocycles. The maximum atomic E-state index is 14.6. The van der Waals surface area contributed by atoms with Crippen molar-refractivity contribution in [1.82, 2.24) is 25.2 Å². The lowest BCUT2D eigenvalue weighted by atomic mass is 9.85. The summed E-state index contributed by atoms with van der Waals surface area (Å²) in [6, 6.07) is 3.62. The fourth-order valence-electron chi connectivity index (χ4n) is 6.03. The SMILES string of the molecule is C=C[C@@H]1C[C@]1(NC(=O)[C@@H]1C[C@@H](Oc2nccc3c(F)cccc23)CN1C(=O)[C@@H](NC(=O)OC(C)(C)C)C(C)(C)C)C(=O)NS(=O)(=O)C1CC1. The molecule has 3 fully saturated rings. The molecule has 1 aromatic heterocycles. The summed E-state index contributed by atoms with van der Waals surface area (Å²) in [6.07, 6.45) is 2.18. The van der Waals surface area contributed by atoms with E-state index < -0.39 is 85.6 Å². The highest BCUT2D eigenvalue weighted by Crippen LogP contribution is 2.45. The average Bonchev–Trinajstić information content (AvgIpc) is 3.91. The second kappa shape index (κ2) is 12.9. The van der Waals surface area contributed by atoms with Gasteiger partial charge in [0.15, 0.2) is 0 Å². The number of aromatic nitrogens is 1. The Balaban J connectivity index is 1.44. The lowest BCUT2D eigenvalue weighted by Gasteiger charge is -2.36. The Morgan fingerprint density at radius 2 is 1.80 bits per heavy atom. The van der Waals surface area contributed by atoms with Gasteiger partial charge in [-0.15, -0.1) is 6.58 Å². The topological polar surface area (TPSA) is 173 Å². The molecule has 2 heterocycles. The number of benzene rings is 1. The second-order valence-electron chi connectivity index (χ2n) is 15.1. The van der Waals surface area contributed by atoms with Crippen molar-refractivity contribution in [2.75, 3.05) is 6.54 Å². The van der Waals surface area contributed by atoms with E-state index in [2.05, 4.69) is 26.9 Å². The number of hydrogen-bond donors (Lipinski definition) is 3. The van der Waals surface area contributed by atoms with E-state index in [1.807, 2.05) is 0 Å². The van der Waals surface area contributed by atoms with E-state index in [4.69, 9.17) is 9.47 Å². The lowest BCUT2D eigenvalue weighted by molar-refractivity contribution is -0.143. The average molecular weight is 702 g/mol. The molecule has 3 aliphatic rings. The Kier molecular flexibility index (Phi) is 9.47. The highest BCUT2D eigenvalue weighted by molar-refractivity contribution is 7.91. The molecular formula is C34H44FN5O8S. The zero-order valence-electron chi connectivity index (χ0n) is 28.5. The van der Waals surface area contributed by atoms with Gasteiger partial charge in [0.1, 0.15) is 35.1 Å². The summed E-state index contributed by atoms with van der Waals surface area (Å²) in [6.45, 7) is 13.9. The third kappa shape index (κ3) is 7.81. The number of hydrogen-bond acceptors (Lipinski definition) is 9. The van der Waals surface area contributed by atoms with Crippen LogP contribution in [0.5, 0.6) is 5.88 Å². The van der Waals surface area contributed by atoms with Crippen LogP contribution >= 0.6 is 0 Å². The molecule has 49 heavy (non-hydrogen) atoms. The molecule has 15 heteroatoms. The molecule has 0 radical (unpaired) electrons. The molecule has 0 unspecified atom stereocenters. The van der Waals surface area contributed by atoms with Gasteiger partial charge in [-0.3, -0.25) is 19.1 Å². The van der Waals surface area contributed by atoms with Crippen LogP contribution in [0.4, 0.5) is 9.18 Å². The van der Waals surface area contributed by atoms with E-state index in [-0.39, 0.29) is 30.7 Å². The van der Waals surface area contributed by atoms with E-state index in [1.165, 1.54) is 35.4 Å². The number of likely N-dealkylation sites (tertiary alicyclic amines) is 1. The Bertz CT molecular complexity index is 1780. The van der Waals surface area contributed by atoms with Gasteiger partial charge in [0.05, 0.1) is 11.8 Å². The number of carbonyl (C=O) groups excluding carboxylic acids is 4. The first kappa shape index (κ1) is 36.0. The van der Waals surface area contributed by atoms with Crippen LogP contribution in [0.15, 0.2) is 43.1 Å². The van der Waals surface area contributed by atoms with Crippen LogP contribution in [0.1, 0.15) is 67.2 Å². The predicted molar refractivity (Wildman–Crippen MR) is 178 cm³/mol. The summed E-state index contributed by atoms with van der Waals surface area (Å²) in [5, 5.41) is 5.41. The number of ether oxygens (including phenoxy) is 2. The number of nitrogens with zero attached hydrogens (tertiary/aromatic N) is 2. The largest absolute Gasteiger partial charge is 0.472 e. The summed E-state index contributed by atoms with van der Waals surface area (Å²) < 4.78 is 53.5. The highest BCUT2D eigenvalue weighted by Gasteiger charge is 2.62. The molecule has 3 N–H and O–H groups in total. The van der Waals surface area contributed by atoms with Gasteiger partial charge in [0, 0.05) is 29.3 Å². The second-order valence-corrected chi connectivity index (χ2v) is 17.0. The maximum absolute atomic E-state index is 14.6. The molecule has 0 bridgehead atoms. The van der Waals surface area contributed by atoms with Crippen LogP contribution in [-0.4, -0.2) is 83.2 Å². The van der Waals surface area contributed by atoms with Crippen molar-refractivity contribution in [1.29, 1.82) is 0 Å². The number of nitrogens with one attached hydrogen (secondary N) is 3. The minimum absolute atomic E-state index is 0.0505.